The zero-order valence-corrected chi connectivity index (χ0v) is 23.0. The van der Waals surface area contributed by atoms with E-state index in [0.717, 1.165) is 31.7 Å². The van der Waals surface area contributed by atoms with Gasteiger partial charge in [0.15, 0.2) is 11.5 Å². The molecule has 0 aliphatic carbocycles. The zero-order chi connectivity index (χ0) is 26.6. The van der Waals surface area contributed by atoms with E-state index in [2.05, 4.69) is 43.0 Å². The molecule has 7 heteroatoms. The third-order valence-corrected chi connectivity index (χ3v) is 6.81. The fourth-order valence-electron chi connectivity index (χ4n) is 4.84. The Kier molecular flexibility index (Phi) is 11.5. The van der Waals surface area contributed by atoms with Crippen molar-refractivity contribution in [3.05, 3.63) is 54.1 Å². The molecule has 1 aliphatic rings. The van der Waals surface area contributed by atoms with Crippen LogP contribution in [0.2, 0.25) is 0 Å². The molecule has 2 aromatic carbocycles. The summed E-state index contributed by atoms with van der Waals surface area (Å²) in [6, 6.07) is 16.1. The van der Waals surface area contributed by atoms with Crippen molar-refractivity contribution in [3.63, 3.8) is 0 Å². The summed E-state index contributed by atoms with van der Waals surface area (Å²) in [4.78, 5) is 15.3. The lowest BCUT2D eigenvalue weighted by Gasteiger charge is -2.27. The molecule has 1 fully saturated rings. The smallest absolute Gasteiger partial charge is 0.310 e. The summed E-state index contributed by atoms with van der Waals surface area (Å²) in [5.74, 6) is 2.19. The van der Waals surface area contributed by atoms with Crippen LogP contribution in [-0.4, -0.2) is 64.1 Å². The van der Waals surface area contributed by atoms with Crippen molar-refractivity contribution < 1.29 is 28.5 Å². The Morgan fingerprint density at radius 1 is 1.03 bits per heavy atom. The van der Waals surface area contributed by atoms with Crippen molar-refractivity contribution >= 4 is 5.97 Å². The molecule has 0 bridgehead atoms. The van der Waals surface area contributed by atoms with E-state index in [4.69, 9.17) is 23.7 Å². The average Bonchev–Trinajstić information content (AvgIpc) is 3.29. The number of benzene rings is 2. The number of methoxy groups -OCH3 is 2. The Labute approximate surface area is 222 Å². The Hall–Kier alpha value is -2.77. The van der Waals surface area contributed by atoms with E-state index in [9.17, 15) is 4.79 Å². The van der Waals surface area contributed by atoms with Crippen LogP contribution in [0, 0.1) is 17.8 Å². The molecule has 1 saturated heterocycles. The molecule has 7 nitrogen and oxygen atoms in total. The van der Waals surface area contributed by atoms with E-state index in [1.54, 1.807) is 14.2 Å². The molecule has 0 saturated carbocycles. The molecular formula is C30H43NO6. The molecule has 2 unspecified atom stereocenters. The highest BCUT2D eigenvalue weighted by atomic mass is 16.5. The highest BCUT2D eigenvalue weighted by molar-refractivity contribution is 5.73. The second-order valence-electron chi connectivity index (χ2n) is 9.94. The summed E-state index contributed by atoms with van der Waals surface area (Å²) in [5.41, 5.74) is 1.25. The molecule has 204 valence electrons. The maximum Gasteiger partial charge on any atom is 0.310 e. The summed E-state index contributed by atoms with van der Waals surface area (Å²) >= 11 is 0. The Morgan fingerprint density at radius 3 is 2.49 bits per heavy atom. The van der Waals surface area contributed by atoms with Crippen molar-refractivity contribution in [2.45, 2.75) is 46.3 Å². The van der Waals surface area contributed by atoms with Gasteiger partial charge in [0.05, 0.1) is 26.2 Å². The van der Waals surface area contributed by atoms with E-state index in [0.29, 0.717) is 37.9 Å². The number of nitrogens with zero attached hydrogens (tertiary/aromatic N) is 1. The highest BCUT2D eigenvalue weighted by Gasteiger charge is 2.40. The SMILES string of the molecule is CCOC(=O)C1CN(Cc2ccccc2)CC1C[C@H](Oc1ccc(OC)c(OCCCOC)c1)C(C)C. The van der Waals surface area contributed by atoms with Crippen LogP contribution in [-0.2, 0) is 20.8 Å². The largest absolute Gasteiger partial charge is 0.493 e. The van der Waals surface area contributed by atoms with Crippen molar-refractivity contribution in [1.82, 2.24) is 4.90 Å². The maximum absolute atomic E-state index is 12.9. The van der Waals surface area contributed by atoms with Gasteiger partial charge in [-0.3, -0.25) is 9.69 Å². The first-order valence-corrected chi connectivity index (χ1v) is 13.3. The third-order valence-electron chi connectivity index (χ3n) is 6.81. The summed E-state index contributed by atoms with van der Waals surface area (Å²) in [6.45, 7) is 10.1. The molecule has 0 spiro atoms. The van der Waals surface area contributed by atoms with Crippen LogP contribution in [0.4, 0.5) is 0 Å². The quantitative estimate of drug-likeness (QED) is 0.239. The van der Waals surface area contributed by atoms with Gasteiger partial charge in [-0.25, -0.2) is 0 Å². The Bertz CT molecular complexity index is 950. The van der Waals surface area contributed by atoms with E-state index < -0.39 is 0 Å². The van der Waals surface area contributed by atoms with E-state index in [-0.39, 0.29) is 29.8 Å². The lowest BCUT2D eigenvalue weighted by Crippen LogP contribution is -2.32. The van der Waals surface area contributed by atoms with Gasteiger partial charge < -0.3 is 23.7 Å². The van der Waals surface area contributed by atoms with Gasteiger partial charge >= 0.3 is 5.97 Å². The number of hydrogen-bond acceptors (Lipinski definition) is 7. The minimum atomic E-state index is -0.163. The number of hydrogen-bond donors (Lipinski definition) is 0. The van der Waals surface area contributed by atoms with E-state index in [1.165, 1.54) is 5.56 Å². The first kappa shape index (κ1) is 28.8. The summed E-state index contributed by atoms with van der Waals surface area (Å²) < 4.78 is 28.5. The predicted octanol–water partition coefficient (Wildman–Crippen LogP) is 5.22. The third kappa shape index (κ3) is 8.64. The fraction of sp³-hybridized carbons (Fsp3) is 0.567. The fourth-order valence-corrected chi connectivity index (χ4v) is 4.84. The average molecular weight is 514 g/mol. The molecule has 2 aromatic rings. The van der Waals surface area contributed by atoms with Crippen LogP contribution in [0.5, 0.6) is 17.2 Å². The minimum absolute atomic E-state index is 0.0617. The molecule has 0 radical (unpaired) electrons. The molecule has 1 aliphatic heterocycles. The molecule has 37 heavy (non-hydrogen) atoms. The van der Waals surface area contributed by atoms with Gasteiger partial charge in [0.2, 0.25) is 0 Å². The van der Waals surface area contributed by atoms with Gasteiger partial charge in [0.25, 0.3) is 0 Å². The van der Waals surface area contributed by atoms with Crippen molar-refractivity contribution in [3.8, 4) is 17.2 Å². The van der Waals surface area contributed by atoms with Gasteiger partial charge in [-0.15, -0.1) is 0 Å². The lowest BCUT2D eigenvalue weighted by atomic mass is 9.87. The van der Waals surface area contributed by atoms with Crippen LogP contribution >= 0.6 is 0 Å². The summed E-state index contributed by atoms with van der Waals surface area (Å²) in [7, 11) is 3.31. The minimum Gasteiger partial charge on any atom is -0.493 e. The van der Waals surface area contributed by atoms with Gasteiger partial charge in [-0.05, 0) is 42.9 Å². The van der Waals surface area contributed by atoms with Gasteiger partial charge in [0.1, 0.15) is 11.9 Å². The molecule has 0 N–H and O–H groups in total. The number of carbonyl (C=O) groups is 1. The highest BCUT2D eigenvalue weighted by Crippen LogP contribution is 2.35. The number of carbonyl (C=O) groups excluding carboxylic acids is 1. The predicted molar refractivity (Wildman–Crippen MR) is 144 cm³/mol. The Morgan fingerprint density at radius 2 is 1.81 bits per heavy atom. The molecule has 3 atom stereocenters. The normalized spacial score (nSPS) is 18.5. The van der Waals surface area contributed by atoms with Gasteiger partial charge in [-0.2, -0.15) is 0 Å². The van der Waals surface area contributed by atoms with Crippen LogP contribution < -0.4 is 14.2 Å². The van der Waals surface area contributed by atoms with Crippen molar-refractivity contribution in [2.24, 2.45) is 17.8 Å². The summed E-state index contributed by atoms with van der Waals surface area (Å²) in [5, 5.41) is 0. The first-order valence-electron chi connectivity index (χ1n) is 13.3. The zero-order valence-electron chi connectivity index (χ0n) is 23.0. The van der Waals surface area contributed by atoms with Crippen LogP contribution in [0.25, 0.3) is 0 Å². The van der Waals surface area contributed by atoms with Crippen LogP contribution in [0.15, 0.2) is 48.5 Å². The van der Waals surface area contributed by atoms with Gasteiger partial charge in [-0.1, -0.05) is 44.2 Å². The van der Waals surface area contributed by atoms with Crippen LogP contribution in [0.3, 0.4) is 0 Å². The number of esters is 1. The van der Waals surface area contributed by atoms with Crippen LogP contribution in [0.1, 0.15) is 39.2 Å². The maximum atomic E-state index is 12.9. The van der Waals surface area contributed by atoms with E-state index >= 15 is 0 Å². The molecule has 3 rings (SSSR count). The Balaban J connectivity index is 1.71. The lowest BCUT2D eigenvalue weighted by molar-refractivity contribution is -0.149. The second kappa shape index (κ2) is 14.8. The second-order valence-corrected chi connectivity index (χ2v) is 9.94. The number of ether oxygens (including phenoxy) is 5. The summed E-state index contributed by atoms with van der Waals surface area (Å²) in [6.07, 6.45) is 1.49. The molecule has 0 aromatic heterocycles. The first-order chi connectivity index (χ1) is 17.9. The monoisotopic (exact) mass is 513 g/mol. The number of rotatable bonds is 15. The molecule has 1 heterocycles. The van der Waals surface area contributed by atoms with Crippen molar-refractivity contribution in [2.75, 3.05) is 47.1 Å². The van der Waals surface area contributed by atoms with E-state index in [1.807, 2.05) is 31.2 Å². The molecule has 0 amide bonds. The standard InChI is InChI=1S/C30H43NO6/c1-6-35-30(32)26-21-31(19-23-11-8-7-9-12-23)20-24(26)17-28(22(2)3)37-25-13-14-27(34-5)29(18-25)36-16-10-15-33-4/h7-9,11-14,18,22,24,26,28H,6,10,15-17,19-21H2,1-5H3/t24?,26?,28-/m0/s1. The number of likely N-dealkylation sites (tertiary alicyclic amines) is 1. The molecular weight excluding hydrogens is 470 g/mol. The topological polar surface area (TPSA) is 66.5 Å². The van der Waals surface area contributed by atoms with Gasteiger partial charge in [0, 0.05) is 45.8 Å². The van der Waals surface area contributed by atoms with Crippen molar-refractivity contribution in [1.29, 1.82) is 0 Å².